The summed E-state index contributed by atoms with van der Waals surface area (Å²) in [5.74, 6) is 6.09. The van der Waals surface area contributed by atoms with Crippen molar-refractivity contribution in [2.75, 3.05) is 27.2 Å². The monoisotopic (exact) mass is 293 g/mol. The molecule has 1 amide bonds. The molecule has 1 heterocycles. The first-order chi connectivity index (χ1) is 9.43. The molecule has 1 rings (SSSR count). The van der Waals surface area contributed by atoms with Crippen LogP contribution in [0.3, 0.4) is 0 Å². The maximum atomic E-state index is 12.2. The van der Waals surface area contributed by atoms with E-state index >= 15 is 0 Å². The van der Waals surface area contributed by atoms with Gasteiger partial charge in [-0.1, -0.05) is 25.7 Å². The molecule has 4 nitrogen and oxygen atoms in total. The number of thiophene rings is 1. The van der Waals surface area contributed by atoms with E-state index in [0.29, 0.717) is 17.3 Å². The summed E-state index contributed by atoms with van der Waals surface area (Å²) in [5.41, 5.74) is 5.34. The number of nitrogens with zero attached hydrogens (tertiary/aromatic N) is 1. The van der Waals surface area contributed by atoms with Gasteiger partial charge in [-0.05, 0) is 32.1 Å². The van der Waals surface area contributed by atoms with Crippen LogP contribution >= 0.6 is 11.3 Å². The van der Waals surface area contributed by atoms with Crippen molar-refractivity contribution >= 4 is 17.2 Å². The highest BCUT2D eigenvalue weighted by molar-refractivity contribution is 7.14. The molecule has 1 unspecified atom stereocenters. The Morgan fingerprint density at radius 1 is 1.45 bits per heavy atom. The number of nitrogens with two attached hydrogens (primary N) is 1. The van der Waals surface area contributed by atoms with Crippen molar-refractivity contribution in [3.63, 3.8) is 0 Å². The summed E-state index contributed by atoms with van der Waals surface area (Å²) in [6.45, 7) is 5.38. The second kappa shape index (κ2) is 8.05. The van der Waals surface area contributed by atoms with Gasteiger partial charge in [-0.2, -0.15) is 0 Å². The maximum absolute atomic E-state index is 12.2. The lowest BCUT2D eigenvalue weighted by Crippen LogP contribution is -2.44. The summed E-state index contributed by atoms with van der Waals surface area (Å²) >= 11 is 1.40. The molecule has 3 N–H and O–H groups in total. The minimum atomic E-state index is -0.0312. The van der Waals surface area contributed by atoms with Crippen LogP contribution in [-0.4, -0.2) is 44.0 Å². The standard InChI is InChI=1S/C15H23N3OS/c1-11(2)13(10-18(3)4)17-15(19)14-8-7-12(20-14)6-5-9-16/h7-8,11,13H,9-10,16H2,1-4H3,(H,17,19). The number of hydrogen-bond donors (Lipinski definition) is 2. The summed E-state index contributed by atoms with van der Waals surface area (Å²) in [6, 6.07) is 3.81. The fourth-order valence-corrected chi connectivity index (χ4v) is 2.51. The summed E-state index contributed by atoms with van der Waals surface area (Å²) in [6.07, 6.45) is 0. The van der Waals surface area contributed by atoms with Crippen molar-refractivity contribution < 1.29 is 4.79 Å². The molecule has 0 saturated heterocycles. The predicted molar refractivity (Wildman–Crippen MR) is 84.9 cm³/mol. The molecule has 0 fully saturated rings. The summed E-state index contributed by atoms with van der Waals surface area (Å²) in [5, 5.41) is 3.09. The highest BCUT2D eigenvalue weighted by Gasteiger charge is 2.18. The molecule has 0 aromatic carbocycles. The van der Waals surface area contributed by atoms with Crippen LogP contribution in [0.5, 0.6) is 0 Å². The molecule has 0 radical (unpaired) electrons. The van der Waals surface area contributed by atoms with E-state index < -0.39 is 0 Å². The number of carbonyl (C=O) groups excluding carboxylic acids is 1. The Balaban J connectivity index is 2.71. The van der Waals surface area contributed by atoms with Gasteiger partial charge in [-0.15, -0.1) is 11.3 Å². The molecule has 20 heavy (non-hydrogen) atoms. The number of amides is 1. The van der Waals surface area contributed by atoms with E-state index in [1.807, 2.05) is 26.2 Å². The third-order valence-electron chi connectivity index (χ3n) is 2.83. The maximum Gasteiger partial charge on any atom is 0.261 e. The lowest BCUT2D eigenvalue weighted by molar-refractivity contribution is 0.0921. The minimum absolute atomic E-state index is 0.0312. The van der Waals surface area contributed by atoms with Crippen LogP contribution in [0.15, 0.2) is 12.1 Å². The highest BCUT2D eigenvalue weighted by Crippen LogP contribution is 2.16. The van der Waals surface area contributed by atoms with Gasteiger partial charge in [0.15, 0.2) is 0 Å². The van der Waals surface area contributed by atoms with Crippen LogP contribution in [-0.2, 0) is 0 Å². The second-order valence-corrected chi connectivity index (χ2v) is 6.34. The molecule has 0 bridgehead atoms. The van der Waals surface area contributed by atoms with Gasteiger partial charge in [0.1, 0.15) is 0 Å². The smallest absolute Gasteiger partial charge is 0.261 e. The van der Waals surface area contributed by atoms with Crippen LogP contribution in [0.2, 0.25) is 0 Å². The van der Waals surface area contributed by atoms with E-state index in [4.69, 9.17) is 5.73 Å². The van der Waals surface area contributed by atoms with Crippen LogP contribution in [0.4, 0.5) is 0 Å². The molecule has 110 valence electrons. The summed E-state index contributed by atoms with van der Waals surface area (Å²) < 4.78 is 0. The van der Waals surface area contributed by atoms with E-state index in [1.165, 1.54) is 11.3 Å². The molecule has 5 heteroatoms. The largest absolute Gasteiger partial charge is 0.347 e. The molecular formula is C15H23N3OS. The molecule has 1 aromatic heterocycles. The minimum Gasteiger partial charge on any atom is -0.347 e. The first-order valence-corrected chi connectivity index (χ1v) is 7.50. The van der Waals surface area contributed by atoms with Gasteiger partial charge in [0.05, 0.1) is 16.3 Å². The van der Waals surface area contributed by atoms with Gasteiger partial charge in [0.25, 0.3) is 5.91 Å². The number of hydrogen-bond acceptors (Lipinski definition) is 4. The molecule has 0 aliphatic heterocycles. The Bertz CT molecular complexity index is 497. The number of rotatable bonds is 5. The fraction of sp³-hybridized carbons (Fsp3) is 0.533. The molecule has 0 spiro atoms. The SMILES string of the molecule is CC(C)C(CN(C)C)NC(=O)c1ccc(C#CCN)s1. The van der Waals surface area contributed by atoms with Gasteiger partial charge < -0.3 is 16.0 Å². The fourth-order valence-electron chi connectivity index (χ4n) is 1.72. The Labute approximate surface area is 125 Å². The van der Waals surface area contributed by atoms with Gasteiger partial charge in [-0.3, -0.25) is 4.79 Å². The molecule has 1 atom stereocenters. The Morgan fingerprint density at radius 2 is 2.15 bits per heavy atom. The average Bonchev–Trinajstić information content (AvgIpc) is 2.83. The third-order valence-corrected chi connectivity index (χ3v) is 3.83. The van der Waals surface area contributed by atoms with E-state index in [2.05, 4.69) is 35.9 Å². The number of nitrogens with one attached hydrogen (secondary N) is 1. The van der Waals surface area contributed by atoms with Crippen LogP contribution in [0.1, 0.15) is 28.4 Å². The molecule has 0 aliphatic carbocycles. The number of likely N-dealkylation sites (N-methyl/N-ethyl adjacent to an activating group) is 1. The van der Waals surface area contributed by atoms with Crippen LogP contribution < -0.4 is 11.1 Å². The molecular weight excluding hydrogens is 270 g/mol. The second-order valence-electron chi connectivity index (χ2n) is 5.26. The molecule has 0 aliphatic rings. The van der Waals surface area contributed by atoms with Gasteiger partial charge in [0.2, 0.25) is 0 Å². The van der Waals surface area contributed by atoms with E-state index in [1.54, 1.807) is 0 Å². The van der Waals surface area contributed by atoms with Crippen molar-refractivity contribution in [1.29, 1.82) is 0 Å². The Morgan fingerprint density at radius 3 is 2.70 bits per heavy atom. The highest BCUT2D eigenvalue weighted by atomic mass is 32.1. The van der Waals surface area contributed by atoms with Gasteiger partial charge in [-0.25, -0.2) is 0 Å². The zero-order chi connectivity index (χ0) is 15.1. The zero-order valence-corrected chi connectivity index (χ0v) is 13.4. The zero-order valence-electron chi connectivity index (χ0n) is 12.6. The van der Waals surface area contributed by atoms with E-state index in [-0.39, 0.29) is 11.9 Å². The van der Waals surface area contributed by atoms with Crippen molar-refractivity contribution in [3.8, 4) is 11.8 Å². The first-order valence-electron chi connectivity index (χ1n) is 6.68. The molecule has 1 aromatic rings. The number of carbonyl (C=O) groups is 1. The summed E-state index contributed by atoms with van der Waals surface area (Å²) in [7, 11) is 4.01. The normalized spacial score (nSPS) is 12.2. The quantitative estimate of drug-likeness (QED) is 0.806. The first kappa shape index (κ1) is 16.7. The van der Waals surface area contributed by atoms with Crippen LogP contribution in [0, 0.1) is 17.8 Å². The van der Waals surface area contributed by atoms with E-state index in [0.717, 1.165) is 11.4 Å². The van der Waals surface area contributed by atoms with Crippen LogP contribution in [0.25, 0.3) is 0 Å². The molecule has 0 saturated carbocycles. The summed E-state index contributed by atoms with van der Waals surface area (Å²) in [4.78, 5) is 15.9. The Kier molecular flexibility index (Phi) is 6.73. The Hall–Kier alpha value is -1.35. The van der Waals surface area contributed by atoms with Gasteiger partial charge in [0, 0.05) is 12.6 Å². The van der Waals surface area contributed by atoms with Crippen molar-refractivity contribution in [1.82, 2.24) is 10.2 Å². The predicted octanol–water partition coefficient (Wildman–Crippen LogP) is 1.37. The van der Waals surface area contributed by atoms with E-state index in [9.17, 15) is 4.79 Å². The average molecular weight is 293 g/mol. The lowest BCUT2D eigenvalue weighted by atomic mass is 10.0. The van der Waals surface area contributed by atoms with Gasteiger partial charge >= 0.3 is 0 Å². The lowest BCUT2D eigenvalue weighted by Gasteiger charge is -2.25. The topological polar surface area (TPSA) is 58.4 Å². The third kappa shape index (κ3) is 5.33. The van der Waals surface area contributed by atoms with Crippen molar-refractivity contribution in [3.05, 3.63) is 21.9 Å². The van der Waals surface area contributed by atoms with Crippen molar-refractivity contribution in [2.24, 2.45) is 11.7 Å². The van der Waals surface area contributed by atoms with Crippen molar-refractivity contribution in [2.45, 2.75) is 19.9 Å².